The summed E-state index contributed by atoms with van der Waals surface area (Å²) in [6.07, 6.45) is 0. The Kier molecular flexibility index (Phi) is 6.89. The Morgan fingerprint density at radius 1 is 1.38 bits per heavy atom. The fourth-order valence-electron chi connectivity index (χ4n) is 2.26. The molecular weight excluding hydrogens is 390 g/mol. The number of hydrogen-bond donors (Lipinski definition) is 1. The maximum absolute atomic E-state index is 12.2. The smallest absolute Gasteiger partial charge is 0.234 e. The van der Waals surface area contributed by atoms with E-state index < -0.39 is 0 Å². The van der Waals surface area contributed by atoms with Crippen molar-refractivity contribution in [1.29, 1.82) is 0 Å². The molecule has 0 fully saturated rings. The number of methoxy groups -OCH3 is 1. The van der Waals surface area contributed by atoms with E-state index in [9.17, 15) is 4.79 Å². The first-order valence-corrected chi connectivity index (χ1v) is 9.41. The standard InChI is InChI=1S/C17H22BrN3O2S/c1-11-9-14(18)5-6-15(11)20-16(22)10-24-17-19-12(2)13(3)21(17)7-8-23-4/h5-6,9H,7-8,10H2,1-4H3,(H,20,22). The maximum atomic E-state index is 12.2. The summed E-state index contributed by atoms with van der Waals surface area (Å²) < 4.78 is 8.25. The number of carbonyl (C=O) groups is 1. The summed E-state index contributed by atoms with van der Waals surface area (Å²) in [6, 6.07) is 5.79. The van der Waals surface area contributed by atoms with Gasteiger partial charge in [0.2, 0.25) is 5.91 Å². The third kappa shape index (κ3) is 4.84. The summed E-state index contributed by atoms with van der Waals surface area (Å²) in [7, 11) is 1.68. The van der Waals surface area contributed by atoms with Crippen molar-refractivity contribution in [2.45, 2.75) is 32.5 Å². The van der Waals surface area contributed by atoms with Crippen LogP contribution in [-0.4, -0.2) is 34.9 Å². The van der Waals surface area contributed by atoms with Gasteiger partial charge >= 0.3 is 0 Å². The molecule has 2 rings (SSSR count). The van der Waals surface area contributed by atoms with Crippen LogP contribution < -0.4 is 5.32 Å². The molecule has 5 nitrogen and oxygen atoms in total. The second-order valence-corrected chi connectivity index (χ2v) is 7.36. The molecule has 24 heavy (non-hydrogen) atoms. The largest absolute Gasteiger partial charge is 0.383 e. The molecule has 0 aliphatic heterocycles. The zero-order valence-corrected chi connectivity index (χ0v) is 16.8. The Balaban J connectivity index is 2.00. The molecule has 0 spiro atoms. The van der Waals surface area contributed by atoms with Crippen molar-refractivity contribution in [3.8, 4) is 0 Å². The van der Waals surface area contributed by atoms with Crippen LogP contribution in [0.5, 0.6) is 0 Å². The number of carbonyl (C=O) groups excluding carboxylic acids is 1. The summed E-state index contributed by atoms with van der Waals surface area (Å²) in [4.78, 5) is 16.8. The Bertz CT molecular complexity index is 731. The van der Waals surface area contributed by atoms with Gasteiger partial charge in [-0.15, -0.1) is 0 Å². The normalized spacial score (nSPS) is 10.9. The van der Waals surface area contributed by atoms with Crippen LogP contribution in [0.1, 0.15) is 17.0 Å². The van der Waals surface area contributed by atoms with E-state index in [1.165, 1.54) is 11.8 Å². The maximum Gasteiger partial charge on any atom is 0.234 e. The molecule has 130 valence electrons. The Labute approximate surface area is 155 Å². The van der Waals surface area contributed by atoms with Crippen LogP contribution >= 0.6 is 27.7 Å². The quantitative estimate of drug-likeness (QED) is 0.700. The number of nitrogens with one attached hydrogen (secondary N) is 1. The monoisotopic (exact) mass is 411 g/mol. The van der Waals surface area contributed by atoms with E-state index in [1.54, 1.807) is 7.11 Å². The average Bonchev–Trinajstić information content (AvgIpc) is 2.80. The Hall–Kier alpha value is -1.31. The van der Waals surface area contributed by atoms with Crippen LogP contribution in [0, 0.1) is 20.8 Å². The highest BCUT2D eigenvalue weighted by atomic mass is 79.9. The predicted molar refractivity (Wildman–Crippen MR) is 102 cm³/mol. The molecule has 0 saturated heterocycles. The van der Waals surface area contributed by atoms with Crippen molar-refractivity contribution in [2.24, 2.45) is 0 Å². The topological polar surface area (TPSA) is 56.1 Å². The van der Waals surface area contributed by atoms with Crippen molar-refractivity contribution in [2.75, 3.05) is 24.8 Å². The first kappa shape index (κ1) is 19.0. The minimum absolute atomic E-state index is 0.0398. The number of rotatable bonds is 7. The van der Waals surface area contributed by atoms with Crippen molar-refractivity contribution in [1.82, 2.24) is 9.55 Å². The van der Waals surface area contributed by atoms with Gasteiger partial charge in [0.15, 0.2) is 5.16 Å². The third-order valence-corrected chi connectivity index (χ3v) is 5.21. The Morgan fingerprint density at radius 2 is 2.12 bits per heavy atom. The minimum Gasteiger partial charge on any atom is -0.383 e. The molecule has 0 bridgehead atoms. The molecule has 2 aromatic rings. The number of nitrogens with zero attached hydrogens (tertiary/aromatic N) is 2. The number of imidazole rings is 1. The van der Waals surface area contributed by atoms with Gasteiger partial charge in [0.25, 0.3) is 0 Å². The Morgan fingerprint density at radius 3 is 2.79 bits per heavy atom. The summed E-state index contributed by atoms with van der Waals surface area (Å²) >= 11 is 4.87. The lowest BCUT2D eigenvalue weighted by atomic mass is 10.2. The van der Waals surface area contributed by atoms with E-state index in [2.05, 4.69) is 30.8 Å². The van der Waals surface area contributed by atoms with Gasteiger partial charge < -0.3 is 14.6 Å². The van der Waals surface area contributed by atoms with Crippen molar-refractivity contribution < 1.29 is 9.53 Å². The first-order chi connectivity index (χ1) is 11.4. The van der Waals surface area contributed by atoms with Gasteiger partial charge in [0.05, 0.1) is 18.1 Å². The van der Waals surface area contributed by atoms with Gasteiger partial charge in [0.1, 0.15) is 0 Å². The lowest BCUT2D eigenvalue weighted by Gasteiger charge is -2.10. The molecule has 0 atom stereocenters. The van der Waals surface area contributed by atoms with Gasteiger partial charge in [-0.3, -0.25) is 4.79 Å². The molecule has 7 heteroatoms. The summed E-state index contributed by atoms with van der Waals surface area (Å²) in [5.41, 5.74) is 3.95. The second-order valence-electron chi connectivity index (χ2n) is 5.51. The highest BCUT2D eigenvalue weighted by Crippen LogP contribution is 2.23. The van der Waals surface area contributed by atoms with Gasteiger partial charge in [-0.05, 0) is 44.5 Å². The van der Waals surface area contributed by atoms with Gasteiger partial charge in [-0.25, -0.2) is 4.98 Å². The van der Waals surface area contributed by atoms with E-state index in [0.717, 1.165) is 38.8 Å². The molecule has 1 heterocycles. The lowest BCUT2D eigenvalue weighted by Crippen LogP contribution is -2.16. The number of aromatic nitrogens is 2. The van der Waals surface area contributed by atoms with Gasteiger partial charge in [0, 0.05) is 29.5 Å². The fourth-order valence-corrected chi connectivity index (χ4v) is 3.66. The molecule has 1 amide bonds. The van der Waals surface area contributed by atoms with Crippen molar-refractivity contribution in [3.05, 3.63) is 39.6 Å². The molecule has 1 aromatic carbocycles. The molecular formula is C17H22BrN3O2S. The van der Waals surface area contributed by atoms with Crippen LogP contribution in [0.3, 0.4) is 0 Å². The molecule has 1 aromatic heterocycles. The average molecular weight is 412 g/mol. The zero-order chi connectivity index (χ0) is 17.7. The fraction of sp³-hybridized carbons (Fsp3) is 0.412. The van der Waals surface area contributed by atoms with Crippen LogP contribution in [0.2, 0.25) is 0 Å². The van der Waals surface area contributed by atoms with E-state index in [0.29, 0.717) is 12.4 Å². The van der Waals surface area contributed by atoms with Crippen LogP contribution in [0.15, 0.2) is 27.8 Å². The van der Waals surface area contributed by atoms with Crippen molar-refractivity contribution in [3.63, 3.8) is 0 Å². The summed E-state index contributed by atoms with van der Waals surface area (Å²) in [5.74, 6) is 0.278. The number of ether oxygens (including phenoxy) is 1. The van der Waals surface area contributed by atoms with Gasteiger partial charge in [-0.2, -0.15) is 0 Å². The SMILES string of the molecule is COCCn1c(SCC(=O)Nc2ccc(Br)cc2C)nc(C)c1C. The highest BCUT2D eigenvalue weighted by molar-refractivity contribution is 9.10. The number of halogens is 1. The number of amides is 1. The predicted octanol–water partition coefficient (Wildman–Crippen LogP) is 3.95. The molecule has 0 radical (unpaired) electrons. The van der Waals surface area contributed by atoms with Crippen LogP contribution in [0.25, 0.3) is 0 Å². The zero-order valence-electron chi connectivity index (χ0n) is 14.4. The molecule has 0 saturated carbocycles. The lowest BCUT2D eigenvalue weighted by molar-refractivity contribution is -0.113. The number of anilines is 1. The second kappa shape index (κ2) is 8.69. The van der Waals surface area contributed by atoms with Crippen LogP contribution in [-0.2, 0) is 16.1 Å². The summed E-state index contributed by atoms with van der Waals surface area (Å²) in [6.45, 7) is 7.34. The number of benzene rings is 1. The first-order valence-electron chi connectivity index (χ1n) is 7.64. The summed E-state index contributed by atoms with van der Waals surface area (Å²) in [5, 5.41) is 3.80. The highest BCUT2D eigenvalue weighted by Gasteiger charge is 2.13. The molecule has 0 aliphatic rings. The molecule has 1 N–H and O–H groups in total. The van der Waals surface area contributed by atoms with E-state index in [4.69, 9.17) is 4.74 Å². The minimum atomic E-state index is -0.0398. The third-order valence-electron chi connectivity index (χ3n) is 3.74. The number of thioether (sulfide) groups is 1. The van der Waals surface area contributed by atoms with E-state index in [-0.39, 0.29) is 5.91 Å². The number of aryl methyl sites for hydroxylation is 2. The van der Waals surface area contributed by atoms with Gasteiger partial charge in [-0.1, -0.05) is 27.7 Å². The van der Waals surface area contributed by atoms with Crippen molar-refractivity contribution >= 4 is 39.3 Å². The molecule has 0 unspecified atom stereocenters. The van der Waals surface area contributed by atoms with E-state index >= 15 is 0 Å². The molecule has 0 aliphatic carbocycles. The van der Waals surface area contributed by atoms with Crippen LogP contribution in [0.4, 0.5) is 5.69 Å². The number of hydrogen-bond acceptors (Lipinski definition) is 4. The van der Waals surface area contributed by atoms with E-state index in [1.807, 2.05) is 39.0 Å².